The SMILES string of the molecule is CNCC1(CN(C)CCC(C)C)CCCC(C)C1. The van der Waals surface area contributed by atoms with Gasteiger partial charge in [-0.15, -0.1) is 0 Å². The molecule has 0 saturated heterocycles. The smallest absolute Gasteiger partial charge is 0.00472 e. The van der Waals surface area contributed by atoms with Crippen LogP contribution in [-0.4, -0.2) is 38.6 Å². The third-order valence-electron chi connectivity index (χ3n) is 4.43. The van der Waals surface area contributed by atoms with Gasteiger partial charge in [0.25, 0.3) is 0 Å². The Balaban J connectivity index is 2.50. The van der Waals surface area contributed by atoms with Crippen molar-refractivity contribution in [3.8, 4) is 0 Å². The van der Waals surface area contributed by atoms with E-state index in [4.69, 9.17) is 0 Å². The maximum atomic E-state index is 3.44. The van der Waals surface area contributed by atoms with Gasteiger partial charge in [0.1, 0.15) is 0 Å². The van der Waals surface area contributed by atoms with E-state index in [1.165, 1.54) is 51.7 Å². The third kappa shape index (κ3) is 5.27. The van der Waals surface area contributed by atoms with Crippen LogP contribution in [-0.2, 0) is 0 Å². The fraction of sp³-hybridized carbons (Fsp3) is 1.00. The Bertz CT molecular complexity index is 223. The monoisotopic (exact) mass is 254 g/mol. The highest BCUT2D eigenvalue weighted by molar-refractivity contribution is 4.89. The van der Waals surface area contributed by atoms with Crippen molar-refractivity contribution in [1.82, 2.24) is 10.2 Å². The van der Waals surface area contributed by atoms with Gasteiger partial charge in [0.15, 0.2) is 0 Å². The van der Waals surface area contributed by atoms with Gasteiger partial charge < -0.3 is 10.2 Å². The van der Waals surface area contributed by atoms with Crippen LogP contribution >= 0.6 is 0 Å². The van der Waals surface area contributed by atoms with Crippen LogP contribution in [0.1, 0.15) is 52.9 Å². The van der Waals surface area contributed by atoms with Gasteiger partial charge in [0, 0.05) is 13.1 Å². The Morgan fingerprint density at radius 3 is 2.67 bits per heavy atom. The minimum atomic E-state index is 0.526. The van der Waals surface area contributed by atoms with Crippen molar-refractivity contribution in [3.63, 3.8) is 0 Å². The molecule has 0 spiro atoms. The molecule has 2 heteroatoms. The van der Waals surface area contributed by atoms with Gasteiger partial charge in [0.05, 0.1) is 0 Å². The molecule has 2 unspecified atom stereocenters. The second-order valence-corrected chi connectivity index (χ2v) is 7.15. The predicted molar refractivity (Wildman–Crippen MR) is 80.9 cm³/mol. The minimum Gasteiger partial charge on any atom is -0.319 e. The fourth-order valence-electron chi connectivity index (χ4n) is 3.63. The lowest BCUT2D eigenvalue weighted by atomic mass is 9.69. The molecule has 1 aliphatic rings. The van der Waals surface area contributed by atoms with E-state index >= 15 is 0 Å². The Hall–Kier alpha value is -0.0800. The van der Waals surface area contributed by atoms with Gasteiger partial charge in [-0.25, -0.2) is 0 Å². The number of nitrogens with zero attached hydrogens (tertiary/aromatic N) is 1. The molecule has 1 aliphatic carbocycles. The van der Waals surface area contributed by atoms with Crippen molar-refractivity contribution in [2.45, 2.75) is 52.9 Å². The Morgan fingerprint density at radius 2 is 2.11 bits per heavy atom. The number of rotatable bonds is 7. The van der Waals surface area contributed by atoms with Crippen LogP contribution in [0.25, 0.3) is 0 Å². The average molecular weight is 254 g/mol. The van der Waals surface area contributed by atoms with Crippen LogP contribution in [0.3, 0.4) is 0 Å². The molecule has 0 aromatic heterocycles. The zero-order valence-electron chi connectivity index (χ0n) is 13.3. The fourth-order valence-corrected chi connectivity index (χ4v) is 3.63. The summed E-state index contributed by atoms with van der Waals surface area (Å²) in [5.41, 5.74) is 0.526. The maximum Gasteiger partial charge on any atom is 0.00472 e. The summed E-state index contributed by atoms with van der Waals surface area (Å²) in [4.78, 5) is 2.56. The van der Waals surface area contributed by atoms with Crippen molar-refractivity contribution < 1.29 is 0 Å². The summed E-state index contributed by atoms with van der Waals surface area (Å²) in [6.07, 6.45) is 6.98. The van der Waals surface area contributed by atoms with E-state index in [1.807, 2.05) is 0 Å². The van der Waals surface area contributed by atoms with Crippen LogP contribution in [0.5, 0.6) is 0 Å². The molecule has 0 aliphatic heterocycles. The number of hydrogen-bond donors (Lipinski definition) is 1. The first-order valence-electron chi connectivity index (χ1n) is 7.80. The second kappa shape index (κ2) is 7.49. The van der Waals surface area contributed by atoms with E-state index < -0.39 is 0 Å². The maximum absolute atomic E-state index is 3.44. The van der Waals surface area contributed by atoms with Gasteiger partial charge in [0.2, 0.25) is 0 Å². The van der Waals surface area contributed by atoms with Crippen LogP contribution in [0.4, 0.5) is 0 Å². The molecule has 0 aromatic carbocycles. The summed E-state index contributed by atoms with van der Waals surface area (Å²) >= 11 is 0. The standard InChI is InChI=1S/C16H34N2/c1-14(2)8-10-18(5)13-16(12-17-4)9-6-7-15(3)11-16/h14-15,17H,6-13H2,1-5H3. The molecule has 0 heterocycles. The van der Waals surface area contributed by atoms with Crippen LogP contribution in [0.2, 0.25) is 0 Å². The van der Waals surface area contributed by atoms with Crippen molar-refractivity contribution >= 4 is 0 Å². The predicted octanol–water partition coefficient (Wildman–Crippen LogP) is 3.38. The van der Waals surface area contributed by atoms with E-state index in [-0.39, 0.29) is 0 Å². The first-order chi connectivity index (χ1) is 8.47. The molecular weight excluding hydrogens is 220 g/mol. The quantitative estimate of drug-likeness (QED) is 0.749. The minimum absolute atomic E-state index is 0.526. The summed E-state index contributed by atoms with van der Waals surface area (Å²) < 4.78 is 0. The van der Waals surface area contributed by atoms with E-state index in [9.17, 15) is 0 Å². The lowest BCUT2D eigenvalue weighted by Crippen LogP contribution is -2.45. The van der Waals surface area contributed by atoms with E-state index in [0.717, 1.165) is 11.8 Å². The Labute approximate surface area is 115 Å². The van der Waals surface area contributed by atoms with Crippen molar-refractivity contribution in [2.75, 3.05) is 33.7 Å². The average Bonchev–Trinajstić information content (AvgIpc) is 2.26. The van der Waals surface area contributed by atoms with E-state index in [1.54, 1.807) is 0 Å². The van der Waals surface area contributed by atoms with Crippen LogP contribution in [0.15, 0.2) is 0 Å². The Kier molecular flexibility index (Phi) is 6.65. The summed E-state index contributed by atoms with van der Waals surface area (Å²) in [5, 5.41) is 3.44. The topological polar surface area (TPSA) is 15.3 Å². The molecular formula is C16H34N2. The first kappa shape index (κ1) is 16.0. The van der Waals surface area contributed by atoms with E-state index in [0.29, 0.717) is 5.41 Å². The van der Waals surface area contributed by atoms with Crippen LogP contribution < -0.4 is 5.32 Å². The Morgan fingerprint density at radius 1 is 1.39 bits per heavy atom. The van der Waals surface area contributed by atoms with Gasteiger partial charge in [-0.05, 0) is 57.2 Å². The molecule has 18 heavy (non-hydrogen) atoms. The van der Waals surface area contributed by atoms with Gasteiger partial charge in [-0.1, -0.05) is 33.6 Å². The molecule has 1 rings (SSSR count). The number of hydrogen-bond acceptors (Lipinski definition) is 2. The second-order valence-electron chi connectivity index (χ2n) is 7.15. The largest absolute Gasteiger partial charge is 0.319 e. The lowest BCUT2D eigenvalue weighted by molar-refractivity contribution is 0.0919. The van der Waals surface area contributed by atoms with E-state index in [2.05, 4.69) is 45.1 Å². The van der Waals surface area contributed by atoms with Gasteiger partial charge >= 0.3 is 0 Å². The summed E-state index contributed by atoms with van der Waals surface area (Å²) in [6, 6.07) is 0. The molecule has 2 atom stereocenters. The van der Waals surface area contributed by atoms with Crippen molar-refractivity contribution in [3.05, 3.63) is 0 Å². The normalized spacial score (nSPS) is 29.2. The molecule has 1 fully saturated rings. The van der Waals surface area contributed by atoms with Crippen molar-refractivity contribution in [1.29, 1.82) is 0 Å². The molecule has 0 bridgehead atoms. The zero-order valence-corrected chi connectivity index (χ0v) is 13.3. The van der Waals surface area contributed by atoms with Crippen LogP contribution in [0, 0.1) is 17.3 Å². The highest BCUT2D eigenvalue weighted by Crippen LogP contribution is 2.39. The molecule has 0 aromatic rings. The highest BCUT2D eigenvalue weighted by atomic mass is 15.1. The summed E-state index contributed by atoms with van der Waals surface area (Å²) in [6.45, 7) is 10.8. The van der Waals surface area contributed by atoms with Gasteiger partial charge in [-0.3, -0.25) is 0 Å². The highest BCUT2D eigenvalue weighted by Gasteiger charge is 2.35. The molecule has 2 nitrogen and oxygen atoms in total. The van der Waals surface area contributed by atoms with Gasteiger partial charge in [-0.2, -0.15) is 0 Å². The molecule has 108 valence electrons. The summed E-state index contributed by atoms with van der Waals surface area (Å²) in [7, 11) is 4.41. The first-order valence-corrected chi connectivity index (χ1v) is 7.80. The third-order valence-corrected chi connectivity index (χ3v) is 4.43. The number of nitrogens with one attached hydrogen (secondary N) is 1. The lowest BCUT2D eigenvalue weighted by Gasteiger charge is -2.42. The molecule has 1 N–H and O–H groups in total. The van der Waals surface area contributed by atoms with Crippen molar-refractivity contribution in [2.24, 2.45) is 17.3 Å². The zero-order chi connectivity index (χ0) is 13.6. The summed E-state index contributed by atoms with van der Waals surface area (Å²) in [5.74, 6) is 1.73. The molecule has 0 amide bonds. The molecule has 1 saturated carbocycles. The molecule has 0 radical (unpaired) electrons.